The van der Waals surface area contributed by atoms with Crippen LogP contribution in [0.1, 0.15) is 30.4 Å². The summed E-state index contributed by atoms with van der Waals surface area (Å²) in [6, 6.07) is 18.5. The van der Waals surface area contributed by atoms with Crippen LogP contribution in [0.3, 0.4) is 0 Å². The lowest BCUT2D eigenvalue weighted by Crippen LogP contribution is -2.41. The third-order valence-corrected chi connectivity index (χ3v) is 4.32. The minimum absolute atomic E-state index is 0.241. The van der Waals surface area contributed by atoms with Crippen LogP contribution in [-0.4, -0.2) is 17.7 Å². The molecule has 0 unspecified atom stereocenters. The fraction of sp³-hybridized carbons (Fsp3) is 0. The Hall–Kier alpha value is -3.45. The van der Waals surface area contributed by atoms with Crippen LogP contribution in [0.15, 0.2) is 72.1 Å². The average molecular weight is 365 g/mol. The van der Waals surface area contributed by atoms with Crippen molar-refractivity contribution in [2.24, 2.45) is 0 Å². The zero-order chi connectivity index (χ0) is 18.4. The van der Waals surface area contributed by atoms with E-state index in [2.05, 4.69) is 16.2 Å². The topological polar surface area (TPSA) is 87.3 Å². The molecule has 0 bridgehead atoms. The average Bonchev–Trinajstić information content (AvgIpc) is 3.22. The highest BCUT2D eigenvalue weighted by atomic mass is 32.1. The van der Waals surface area contributed by atoms with Crippen molar-refractivity contribution in [2.75, 3.05) is 5.32 Å². The summed E-state index contributed by atoms with van der Waals surface area (Å²) in [6.45, 7) is 0. The molecular weight excluding hydrogens is 350 g/mol. The lowest BCUT2D eigenvalue weighted by atomic mass is 10.2. The Morgan fingerprint density at radius 2 is 1.38 bits per heavy atom. The van der Waals surface area contributed by atoms with E-state index in [0.29, 0.717) is 21.7 Å². The van der Waals surface area contributed by atoms with Gasteiger partial charge in [0.15, 0.2) is 0 Å². The van der Waals surface area contributed by atoms with Crippen LogP contribution in [0.25, 0.3) is 0 Å². The first-order chi connectivity index (χ1) is 12.6. The van der Waals surface area contributed by atoms with Gasteiger partial charge in [-0.2, -0.15) is 0 Å². The molecule has 1 aromatic heterocycles. The number of hydrogen-bond acceptors (Lipinski definition) is 4. The molecule has 3 amide bonds. The standard InChI is InChI=1S/C19H15N3O3S/c23-17(13-6-2-1-3-7-13)21-22-18(24)14-8-4-9-15(12-14)20-19(25)16-10-5-11-26-16/h1-12H,(H,20,25)(H,21,23)(H,22,24). The molecule has 3 rings (SSSR count). The minimum Gasteiger partial charge on any atom is -0.321 e. The van der Waals surface area contributed by atoms with Gasteiger partial charge in [-0.15, -0.1) is 11.3 Å². The maximum atomic E-state index is 12.2. The van der Waals surface area contributed by atoms with Crippen LogP contribution in [-0.2, 0) is 0 Å². The van der Waals surface area contributed by atoms with Crippen molar-refractivity contribution in [3.05, 3.63) is 88.1 Å². The second-order valence-corrected chi connectivity index (χ2v) is 6.23. The molecule has 0 aliphatic rings. The van der Waals surface area contributed by atoms with Gasteiger partial charge in [-0.05, 0) is 41.8 Å². The van der Waals surface area contributed by atoms with Gasteiger partial charge in [0.2, 0.25) is 0 Å². The van der Waals surface area contributed by atoms with Gasteiger partial charge in [-0.1, -0.05) is 30.3 Å². The number of rotatable bonds is 4. The summed E-state index contributed by atoms with van der Waals surface area (Å²) < 4.78 is 0. The first-order valence-electron chi connectivity index (χ1n) is 7.74. The number of benzene rings is 2. The number of hydrazine groups is 1. The maximum absolute atomic E-state index is 12.2. The van der Waals surface area contributed by atoms with E-state index in [4.69, 9.17) is 0 Å². The molecule has 130 valence electrons. The first-order valence-corrected chi connectivity index (χ1v) is 8.62. The highest BCUT2D eigenvalue weighted by Crippen LogP contribution is 2.14. The van der Waals surface area contributed by atoms with Gasteiger partial charge in [0, 0.05) is 16.8 Å². The largest absolute Gasteiger partial charge is 0.321 e. The van der Waals surface area contributed by atoms with Crippen LogP contribution in [0.5, 0.6) is 0 Å². The molecule has 3 aromatic rings. The van der Waals surface area contributed by atoms with Crippen LogP contribution >= 0.6 is 11.3 Å². The zero-order valence-corrected chi connectivity index (χ0v) is 14.4. The monoisotopic (exact) mass is 365 g/mol. The second kappa shape index (κ2) is 8.09. The molecule has 0 saturated carbocycles. The van der Waals surface area contributed by atoms with E-state index in [1.54, 1.807) is 60.7 Å². The van der Waals surface area contributed by atoms with E-state index < -0.39 is 11.8 Å². The van der Waals surface area contributed by atoms with Crippen LogP contribution < -0.4 is 16.2 Å². The maximum Gasteiger partial charge on any atom is 0.269 e. The normalized spacial score (nSPS) is 10.0. The molecule has 0 spiro atoms. The van der Waals surface area contributed by atoms with Gasteiger partial charge >= 0.3 is 0 Å². The van der Waals surface area contributed by atoms with Gasteiger partial charge in [0.1, 0.15) is 0 Å². The third-order valence-electron chi connectivity index (χ3n) is 3.45. The smallest absolute Gasteiger partial charge is 0.269 e. The lowest BCUT2D eigenvalue weighted by Gasteiger charge is -2.09. The molecule has 0 aliphatic carbocycles. The molecule has 26 heavy (non-hydrogen) atoms. The van der Waals surface area contributed by atoms with Crippen molar-refractivity contribution >= 4 is 34.7 Å². The highest BCUT2D eigenvalue weighted by molar-refractivity contribution is 7.12. The summed E-state index contributed by atoms with van der Waals surface area (Å²) in [7, 11) is 0. The van der Waals surface area contributed by atoms with Gasteiger partial charge in [-0.3, -0.25) is 25.2 Å². The highest BCUT2D eigenvalue weighted by Gasteiger charge is 2.11. The Bertz CT molecular complexity index is 924. The van der Waals surface area contributed by atoms with Crippen molar-refractivity contribution < 1.29 is 14.4 Å². The summed E-state index contributed by atoms with van der Waals surface area (Å²) >= 11 is 1.33. The summed E-state index contributed by atoms with van der Waals surface area (Å²) in [4.78, 5) is 36.8. The number of carbonyl (C=O) groups excluding carboxylic acids is 3. The summed E-state index contributed by atoms with van der Waals surface area (Å²) in [5.41, 5.74) is 5.95. The van der Waals surface area contributed by atoms with Crippen molar-refractivity contribution in [1.29, 1.82) is 0 Å². The Balaban J connectivity index is 1.61. The van der Waals surface area contributed by atoms with Crippen molar-refractivity contribution in [3.63, 3.8) is 0 Å². The van der Waals surface area contributed by atoms with Crippen molar-refractivity contribution in [1.82, 2.24) is 10.9 Å². The Morgan fingerprint density at radius 1 is 0.692 bits per heavy atom. The van der Waals surface area contributed by atoms with E-state index in [-0.39, 0.29) is 5.91 Å². The van der Waals surface area contributed by atoms with E-state index in [1.807, 2.05) is 5.38 Å². The van der Waals surface area contributed by atoms with E-state index in [0.717, 1.165) is 0 Å². The summed E-state index contributed by atoms with van der Waals surface area (Å²) in [6.07, 6.45) is 0. The molecular formula is C19H15N3O3S. The Morgan fingerprint density at radius 3 is 2.08 bits per heavy atom. The molecule has 0 aliphatic heterocycles. The minimum atomic E-state index is -0.485. The van der Waals surface area contributed by atoms with E-state index in [9.17, 15) is 14.4 Å². The molecule has 1 heterocycles. The molecule has 6 nitrogen and oxygen atoms in total. The van der Waals surface area contributed by atoms with E-state index in [1.165, 1.54) is 17.4 Å². The van der Waals surface area contributed by atoms with E-state index >= 15 is 0 Å². The second-order valence-electron chi connectivity index (χ2n) is 5.29. The van der Waals surface area contributed by atoms with Gasteiger partial charge < -0.3 is 5.32 Å². The number of anilines is 1. The quantitative estimate of drug-likeness (QED) is 0.621. The van der Waals surface area contributed by atoms with Crippen molar-refractivity contribution in [3.8, 4) is 0 Å². The van der Waals surface area contributed by atoms with Gasteiger partial charge in [0.05, 0.1) is 4.88 Å². The SMILES string of the molecule is O=C(NNC(=O)c1cccc(NC(=O)c2cccs2)c1)c1ccccc1. The van der Waals surface area contributed by atoms with Crippen LogP contribution in [0.4, 0.5) is 5.69 Å². The fourth-order valence-electron chi connectivity index (χ4n) is 2.19. The molecule has 0 atom stereocenters. The van der Waals surface area contributed by atoms with Crippen LogP contribution in [0.2, 0.25) is 0 Å². The molecule has 2 aromatic carbocycles. The number of thiophene rings is 1. The van der Waals surface area contributed by atoms with Gasteiger partial charge in [0.25, 0.3) is 17.7 Å². The summed E-state index contributed by atoms with van der Waals surface area (Å²) in [5.74, 6) is -1.14. The van der Waals surface area contributed by atoms with Gasteiger partial charge in [-0.25, -0.2) is 0 Å². The van der Waals surface area contributed by atoms with Crippen molar-refractivity contribution in [2.45, 2.75) is 0 Å². The third kappa shape index (κ3) is 4.34. The number of hydrogen-bond donors (Lipinski definition) is 3. The predicted molar refractivity (Wildman–Crippen MR) is 100 cm³/mol. The number of nitrogens with one attached hydrogen (secondary N) is 3. The zero-order valence-electron chi connectivity index (χ0n) is 13.6. The Kier molecular flexibility index (Phi) is 5.40. The number of carbonyl (C=O) groups is 3. The lowest BCUT2D eigenvalue weighted by molar-refractivity contribution is 0.0846. The van der Waals surface area contributed by atoms with Crippen LogP contribution in [0, 0.1) is 0 Å². The first kappa shape index (κ1) is 17.4. The Labute approximate surface area is 153 Å². The molecule has 0 saturated heterocycles. The molecule has 7 heteroatoms. The fourth-order valence-corrected chi connectivity index (χ4v) is 2.80. The predicted octanol–water partition coefficient (Wildman–Crippen LogP) is 3.08. The molecule has 0 fully saturated rings. The molecule has 3 N–H and O–H groups in total. The summed E-state index contributed by atoms with van der Waals surface area (Å²) in [5, 5.41) is 4.55. The molecule has 0 radical (unpaired) electrons. The number of amides is 3.